The van der Waals surface area contributed by atoms with Gasteiger partial charge in [0.25, 0.3) is 5.76 Å². The van der Waals surface area contributed by atoms with Gasteiger partial charge in [-0.05, 0) is 54.2 Å². The maximum Gasteiger partial charge on any atom is 0.291 e. The van der Waals surface area contributed by atoms with E-state index < -0.39 is 5.76 Å². The van der Waals surface area contributed by atoms with Crippen LogP contribution in [0.15, 0.2) is 52.7 Å². The van der Waals surface area contributed by atoms with Crippen LogP contribution in [0.25, 0.3) is 11.4 Å². The maximum atomic E-state index is 12.9. The summed E-state index contributed by atoms with van der Waals surface area (Å²) in [6.07, 6.45) is 1.32. The lowest BCUT2D eigenvalue weighted by Crippen LogP contribution is -1.98. The van der Waals surface area contributed by atoms with Crippen molar-refractivity contribution < 1.29 is 23.4 Å². The fraction of sp³-hybridized carbons (Fsp3) is 0.167. The molecule has 28 heavy (non-hydrogen) atoms. The van der Waals surface area contributed by atoms with Crippen LogP contribution in [0.1, 0.15) is 5.56 Å². The van der Waals surface area contributed by atoms with Crippen molar-refractivity contribution in [3.05, 3.63) is 48.0 Å². The molecule has 1 heterocycles. The summed E-state index contributed by atoms with van der Waals surface area (Å²) in [7, 11) is 3.03. The number of halogens is 2. The van der Waals surface area contributed by atoms with Crippen LogP contribution in [-0.4, -0.2) is 46.2 Å². The molecule has 0 aliphatic heterocycles. The Hall–Kier alpha value is -3.14. The highest BCUT2D eigenvalue weighted by atomic mass is 32.2. The zero-order valence-corrected chi connectivity index (χ0v) is 15.7. The highest BCUT2D eigenvalue weighted by molar-refractivity contribution is 7.99. The van der Waals surface area contributed by atoms with Crippen molar-refractivity contribution in [2.24, 2.45) is 5.10 Å². The van der Waals surface area contributed by atoms with E-state index >= 15 is 0 Å². The highest BCUT2D eigenvalue weighted by Crippen LogP contribution is 2.29. The summed E-state index contributed by atoms with van der Waals surface area (Å²) >= 11 is 0.226. The normalized spacial score (nSPS) is 11.3. The van der Waals surface area contributed by atoms with Crippen molar-refractivity contribution in [1.29, 1.82) is 0 Å². The summed E-state index contributed by atoms with van der Waals surface area (Å²) in [5.41, 5.74) is 0.961. The van der Waals surface area contributed by atoms with E-state index in [4.69, 9.17) is 9.47 Å². The van der Waals surface area contributed by atoms with Crippen LogP contribution >= 0.6 is 11.8 Å². The van der Waals surface area contributed by atoms with E-state index in [2.05, 4.69) is 15.3 Å². The molecule has 146 valence electrons. The van der Waals surface area contributed by atoms with E-state index in [-0.39, 0.29) is 28.5 Å². The molecule has 1 aromatic heterocycles. The fourth-order valence-corrected chi connectivity index (χ4v) is 2.81. The van der Waals surface area contributed by atoms with Crippen LogP contribution in [0, 0.1) is 0 Å². The predicted molar refractivity (Wildman–Crippen MR) is 102 cm³/mol. The van der Waals surface area contributed by atoms with Gasteiger partial charge in [-0.1, -0.05) is 0 Å². The van der Waals surface area contributed by atoms with Crippen LogP contribution in [0.3, 0.4) is 0 Å². The summed E-state index contributed by atoms with van der Waals surface area (Å²) in [6.45, 7) is 0. The molecule has 0 atom stereocenters. The monoisotopic (exact) mass is 406 g/mol. The number of hydrogen-bond donors (Lipinski definition) is 1. The number of aromatic hydroxyl groups is 1. The molecule has 3 aromatic rings. The number of alkyl halides is 2. The van der Waals surface area contributed by atoms with Crippen molar-refractivity contribution in [2.75, 3.05) is 14.2 Å². The first kappa shape index (κ1) is 19.6. The maximum absolute atomic E-state index is 12.9. The summed E-state index contributed by atoms with van der Waals surface area (Å²) in [4.78, 5) is 0. The molecule has 1 N–H and O–H groups in total. The minimum absolute atomic E-state index is 0.0355. The molecule has 7 nitrogen and oxygen atoms in total. The van der Waals surface area contributed by atoms with Crippen LogP contribution in [0.4, 0.5) is 8.78 Å². The molecule has 0 bridgehead atoms. The summed E-state index contributed by atoms with van der Waals surface area (Å²) < 4.78 is 37.2. The number of phenolic OH excluding ortho intramolecular Hbond substituents is 1. The predicted octanol–water partition coefficient (Wildman–Crippen LogP) is 3.86. The third kappa shape index (κ3) is 4.39. The molecule has 0 saturated carbocycles. The van der Waals surface area contributed by atoms with Gasteiger partial charge in [0, 0.05) is 11.1 Å². The zero-order chi connectivity index (χ0) is 20.1. The van der Waals surface area contributed by atoms with Crippen LogP contribution in [-0.2, 0) is 0 Å². The molecule has 0 spiro atoms. The Morgan fingerprint density at radius 2 is 1.75 bits per heavy atom. The van der Waals surface area contributed by atoms with Crippen molar-refractivity contribution >= 4 is 18.0 Å². The number of aromatic nitrogens is 3. The lowest BCUT2D eigenvalue weighted by Gasteiger charge is -2.06. The fourth-order valence-electron chi connectivity index (χ4n) is 2.33. The van der Waals surface area contributed by atoms with Crippen molar-refractivity contribution in [1.82, 2.24) is 14.9 Å². The number of benzene rings is 2. The minimum Gasteiger partial charge on any atom is -0.507 e. The molecule has 0 unspecified atom stereocenters. The molecule has 2 aromatic carbocycles. The van der Waals surface area contributed by atoms with Crippen LogP contribution < -0.4 is 9.47 Å². The van der Waals surface area contributed by atoms with E-state index in [1.165, 1.54) is 24.1 Å². The van der Waals surface area contributed by atoms with Gasteiger partial charge in [-0.15, -0.1) is 10.2 Å². The van der Waals surface area contributed by atoms with Crippen molar-refractivity contribution in [3.8, 4) is 28.6 Å². The van der Waals surface area contributed by atoms with Gasteiger partial charge in [-0.25, -0.2) is 0 Å². The molecule has 0 amide bonds. The molecule has 0 aliphatic rings. The molecule has 3 rings (SSSR count). The van der Waals surface area contributed by atoms with Gasteiger partial charge in [0.05, 0.1) is 20.4 Å². The molecule has 10 heteroatoms. The number of phenols is 1. The van der Waals surface area contributed by atoms with E-state index in [0.29, 0.717) is 22.6 Å². The van der Waals surface area contributed by atoms with Crippen LogP contribution in [0.2, 0.25) is 0 Å². The summed E-state index contributed by atoms with van der Waals surface area (Å²) in [6, 6.07) is 11.5. The average Bonchev–Trinajstić information content (AvgIpc) is 3.09. The summed E-state index contributed by atoms with van der Waals surface area (Å²) in [5.74, 6) is -1.30. The largest absolute Gasteiger partial charge is 0.507 e. The zero-order valence-electron chi connectivity index (χ0n) is 14.9. The van der Waals surface area contributed by atoms with Gasteiger partial charge in [0.2, 0.25) is 5.16 Å². The van der Waals surface area contributed by atoms with Gasteiger partial charge in [-0.3, -0.25) is 0 Å². The van der Waals surface area contributed by atoms with Crippen molar-refractivity contribution in [2.45, 2.75) is 10.9 Å². The Morgan fingerprint density at radius 3 is 2.39 bits per heavy atom. The number of nitrogens with zero attached hydrogens (tertiary/aromatic N) is 4. The van der Waals surface area contributed by atoms with Gasteiger partial charge in [-0.2, -0.15) is 18.6 Å². The van der Waals surface area contributed by atoms with Gasteiger partial charge < -0.3 is 14.6 Å². The smallest absolute Gasteiger partial charge is 0.291 e. The average molecular weight is 406 g/mol. The van der Waals surface area contributed by atoms with Crippen molar-refractivity contribution in [3.63, 3.8) is 0 Å². The molecule has 0 radical (unpaired) electrons. The lowest BCUT2D eigenvalue weighted by molar-refractivity contribution is 0.251. The second kappa shape index (κ2) is 8.70. The minimum atomic E-state index is -2.69. The molecular formula is C18H16F2N4O3S. The first-order valence-electron chi connectivity index (χ1n) is 7.98. The van der Waals surface area contributed by atoms with Crippen LogP contribution in [0.5, 0.6) is 17.2 Å². The second-order valence-electron chi connectivity index (χ2n) is 5.39. The number of rotatable bonds is 7. The quantitative estimate of drug-likeness (QED) is 0.474. The van der Waals surface area contributed by atoms with Gasteiger partial charge >= 0.3 is 0 Å². The van der Waals surface area contributed by atoms with Gasteiger partial charge in [0.15, 0.2) is 5.82 Å². The SMILES string of the molecule is COc1ccc(-c2nnc(SC(F)F)n2/N=C/c2cc(OC)ccc2O)cc1. The Labute approximate surface area is 163 Å². The van der Waals surface area contributed by atoms with Gasteiger partial charge in [0.1, 0.15) is 17.2 Å². The lowest BCUT2D eigenvalue weighted by atomic mass is 10.2. The third-order valence-corrected chi connectivity index (χ3v) is 4.35. The molecule has 0 saturated heterocycles. The Kier molecular flexibility index (Phi) is 6.09. The molecular weight excluding hydrogens is 390 g/mol. The topological polar surface area (TPSA) is 81.8 Å². The molecule has 0 fully saturated rings. The number of ether oxygens (including phenoxy) is 2. The van der Waals surface area contributed by atoms with E-state index in [1.54, 1.807) is 43.5 Å². The Balaban J connectivity index is 2.03. The van der Waals surface area contributed by atoms with E-state index in [9.17, 15) is 13.9 Å². The number of methoxy groups -OCH3 is 2. The Bertz CT molecular complexity index is 977. The third-order valence-electron chi connectivity index (χ3n) is 3.70. The standard InChI is InChI=1S/C18H16F2N4O3S/c1-26-13-5-3-11(4-6-13)16-22-23-18(28-17(19)20)24(16)21-10-12-9-14(27-2)7-8-15(12)25/h3-10,17,25H,1-2H3/b21-10+. The number of hydrogen-bond acceptors (Lipinski definition) is 7. The first-order chi connectivity index (χ1) is 13.5. The second-order valence-corrected chi connectivity index (χ2v) is 6.35. The first-order valence-corrected chi connectivity index (χ1v) is 8.85. The van der Waals surface area contributed by atoms with E-state index in [0.717, 1.165) is 0 Å². The Morgan fingerprint density at radius 1 is 1.07 bits per heavy atom. The molecule has 0 aliphatic carbocycles. The highest BCUT2D eigenvalue weighted by Gasteiger charge is 2.18. The summed E-state index contributed by atoms with van der Waals surface area (Å²) in [5, 5.41) is 21.9. The number of thioether (sulfide) groups is 1. The van der Waals surface area contributed by atoms with E-state index in [1.807, 2.05) is 0 Å².